The van der Waals surface area contributed by atoms with E-state index in [2.05, 4.69) is 9.99 Å². The first-order valence-corrected chi connectivity index (χ1v) is 6.74. The Labute approximate surface area is 112 Å². The maximum atomic E-state index is 13.3. The molecule has 3 heterocycles. The fourth-order valence-electron chi connectivity index (χ4n) is 3.05. The van der Waals surface area contributed by atoms with Gasteiger partial charge in [0.1, 0.15) is 5.82 Å². The number of hydrazine groups is 1. The molecule has 2 aliphatic rings. The lowest BCUT2D eigenvalue weighted by molar-refractivity contribution is -0.142. The van der Waals surface area contributed by atoms with Gasteiger partial charge in [-0.3, -0.25) is 14.8 Å². The van der Waals surface area contributed by atoms with Gasteiger partial charge < -0.3 is 0 Å². The van der Waals surface area contributed by atoms with Gasteiger partial charge in [-0.15, -0.1) is 0 Å². The number of fused-ring (bicyclic) bond motifs is 1. The third kappa shape index (κ3) is 1.84. The fourth-order valence-corrected chi connectivity index (χ4v) is 3.05. The number of halogens is 1. The highest BCUT2D eigenvalue weighted by Crippen LogP contribution is 2.43. The van der Waals surface area contributed by atoms with Gasteiger partial charge in [0.05, 0.1) is 17.7 Å². The summed E-state index contributed by atoms with van der Waals surface area (Å²) in [5.41, 5.74) is 0.482. The number of carbonyl (C=O) groups is 1. The minimum absolute atomic E-state index is 0.0657. The van der Waals surface area contributed by atoms with E-state index in [0.717, 1.165) is 31.5 Å². The quantitative estimate of drug-likeness (QED) is 0.820. The largest absolute Gasteiger partial charge is 0.273 e. The Kier molecular flexibility index (Phi) is 2.82. The van der Waals surface area contributed by atoms with Crippen LogP contribution < -0.4 is 0 Å². The molecule has 0 N–H and O–H groups in total. The molecule has 0 aliphatic carbocycles. The SMILES string of the molecule is CC[C@]1(C)CN2CC[C@@H](c3cncc(F)c3)N2C1=O. The van der Waals surface area contributed by atoms with Gasteiger partial charge in [-0.1, -0.05) is 6.92 Å². The lowest BCUT2D eigenvalue weighted by Gasteiger charge is -2.26. The van der Waals surface area contributed by atoms with Crippen LogP contribution in [0.4, 0.5) is 4.39 Å². The van der Waals surface area contributed by atoms with E-state index in [9.17, 15) is 9.18 Å². The van der Waals surface area contributed by atoms with Crippen molar-refractivity contribution in [3.8, 4) is 0 Å². The number of pyridine rings is 1. The second kappa shape index (κ2) is 4.27. The number of amides is 1. The van der Waals surface area contributed by atoms with Crippen LogP contribution in [0.25, 0.3) is 0 Å². The zero-order valence-corrected chi connectivity index (χ0v) is 11.3. The molecule has 19 heavy (non-hydrogen) atoms. The summed E-state index contributed by atoms with van der Waals surface area (Å²) in [4.78, 5) is 16.5. The van der Waals surface area contributed by atoms with Gasteiger partial charge in [-0.05, 0) is 31.4 Å². The number of rotatable bonds is 2. The summed E-state index contributed by atoms with van der Waals surface area (Å²) >= 11 is 0. The number of aromatic nitrogens is 1. The molecule has 0 spiro atoms. The van der Waals surface area contributed by atoms with Gasteiger partial charge in [0.2, 0.25) is 5.91 Å². The molecule has 0 aromatic carbocycles. The molecular weight excluding hydrogens is 245 g/mol. The highest BCUT2D eigenvalue weighted by atomic mass is 19.1. The number of hydrogen-bond acceptors (Lipinski definition) is 3. The second-order valence-electron chi connectivity index (χ2n) is 5.69. The Morgan fingerprint density at radius 3 is 3.00 bits per heavy atom. The van der Waals surface area contributed by atoms with E-state index in [-0.39, 0.29) is 23.2 Å². The Morgan fingerprint density at radius 2 is 2.32 bits per heavy atom. The van der Waals surface area contributed by atoms with Gasteiger partial charge >= 0.3 is 0 Å². The molecule has 1 amide bonds. The molecule has 1 aromatic heterocycles. The first kappa shape index (κ1) is 12.5. The van der Waals surface area contributed by atoms with Crippen molar-refractivity contribution in [1.82, 2.24) is 15.0 Å². The van der Waals surface area contributed by atoms with Gasteiger partial charge in [0.15, 0.2) is 0 Å². The maximum absolute atomic E-state index is 13.3. The van der Waals surface area contributed by atoms with Crippen LogP contribution in [0.3, 0.4) is 0 Å². The average Bonchev–Trinajstić information content (AvgIpc) is 2.90. The van der Waals surface area contributed by atoms with Crippen molar-refractivity contribution in [2.45, 2.75) is 32.7 Å². The molecule has 0 radical (unpaired) electrons. The van der Waals surface area contributed by atoms with Crippen molar-refractivity contribution < 1.29 is 9.18 Å². The summed E-state index contributed by atoms with van der Waals surface area (Å²) in [5.74, 6) is -0.192. The van der Waals surface area contributed by atoms with E-state index in [0.29, 0.717) is 0 Å². The van der Waals surface area contributed by atoms with Crippen LogP contribution in [-0.4, -0.2) is 34.0 Å². The zero-order valence-electron chi connectivity index (χ0n) is 11.3. The van der Waals surface area contributed by atoms with Crippen LogP contribution in [0.2, 0.25) is 0 Å². The fraction of sp³-hybridized carbons (Fsp3) is 0.571. The predicted octanol–water partition coefficient (Wildman–Crippen LogP) is 2.14. The molecule has 2 aliphatic heterocycles. The summed E-state index contributed by atoms with van der Waals surface area (Å²) in [5, 5.41) is 3.92. The third-order valence-electron chi connectivity index (χ3n) is 4.41. The minimum Gasteiger partial charge on any atom is -0.273 e. The number of carbonyl (C=O) groups excluding carboxylic acids is 1. The van der Waals surface area contributed by atoms with Crippen LogP contribution >= 0.6 is 0 Å². The predicted molar refractivity (Wildman–Crippen MR) is 68.4 cm³/mol. The van der Waals surface area contributed by atoms with Crippen LogP contribution in [-0.2, 0) is 4.79 Å². The van der Waals surface area contributed by atoms with Crippen LogP contribution in [0, 0.1) is 11.2 Å². The van der Waals surface area contributed by atoms with Crippen molar-refractivity contribution >= 4 is 5.91 Å². The van der Waals surface area contributed by atoms with E-state index in [1.54, 1.807) is 6.20 Å². The van der Waals surface area contributed by atoms with Crippen LogP contribution in [0.1, 0.15) is 38.3 Å². The lowest BCUT2D eigenvalue weighted by atomic mass is 9.87. The smallest absolute Gasteiger partial charge is 0.244 e. The van der Waals surface area contributed by atoms with E-state index < -0.39 is 0 Å². The van der Waals surface area contributed by atoms with Crippen molar-refractivity contribution in [3.05, 3.63) is 29.8 Å². The normalized spacial score (nSPS) is 31.0. The zero-order chi connectivity index (χ0) is 13.6. The minimum atomic E-state index is -0.346. The topological polar surface area (TPSA) is 36.4 Å². The van der Waals surface area contributed by atoms with E-state index in [1.165, 1.54) is 12.3 Å². The highest BCUT2D eigenvalue weighted by molar-refractivity contribution is 5.84. The molecule has 5 heteroatoms. The van der Waals surface area contributed by atoms with Crippen molar-refractivity contribution in [1.29, 1.82) is 0 Å². The maximum Gasteiger partial charge on any atom is 0.244 e. The Bertz CT molecular complexity index is 521. The molecule has 4 nitrogen and oxygen atoms in total. The van der Waals surface area contributed by atoms with Gasteiger partial charge in [0.25, 0.3) is 0 Å². The molecule has 2 atom stereocenters. The highest BCUT2D eigenvalue weighted by Gasteiger charge is 2.51. The molecule has 2 fully saturated rings. The van der Waals surface area contributed by atoms with Crippen molar-refractivity contribution in [2.24, 2.45) is 5.41 Å². The molecule has 102 valence electrons. The van der Waals surface area contributed by atoms with Crippen LogP contribution in [0.5, 0.6) is 0 Å². The van der Waals surface area contributed by atoms with Gasteiger partial charge in [-0.2, -0.15) is 0 Å². The summed E-state index contributed by atoms with van der Waals surface area (Å²) in [6.45, 7) is 5.67. The van der Waals surface area contributed by atoms with Crippen LogP contribution in [0.15, 0.2) is 18.5 Å². The molecule has 1 aromatic rings. The first-order valence-electron chi connectivity index (χ1n) is 6.74. The monoisotopic (exact) mass is 263 g/mol. The van der Waals surface area contributed by atoms with Gasteiger partial charge in [0, 0.05) is 19.3 Å². The Hall–Kier alpha value is -1.49. The van der Waals surface area contributed by atoms with Crippen molar-refractivity contribution in [3.63, 3.8) is 0 Å². The van der Waals surface area contributed by atoms with Gasteiger partial charge in [-0.25, -0.2) is 9.40 Å². The molecule has 0 unspecified atom stereocenters. The Morgan fingerprint density at radius 1 is 1.53 bits per heavy atom. The summed E-state index contributed by atoms with van der Waals surface area (Å²) in [6, 6.07) is 1.42. The van der Waals surface area contributed by atoms with E-state index in [1.807, 2.05) is 18.9 Å². The van der Waals surface area contributed by atoms with E-state index >= 15 is 0 Å². The molecule has 2 saturated heterocycles. The molecule has 0 saturated carbocycles. The van der Waals surface area contributed by atoms with Crippen molar-refractivity contribution in [2.75, 3.05) is 13.1 Å². The summed E-state index contributed by atoms with van der Waals surface area (Å²) in [7, 11) is 0. The summed E-state index contributed by atoms with van der Waals surface area (Å²) in [6.07, 6.45) is 4.52. The second-order valence-corrected chi connectivity index (χ2v) is 5.69. The Balaban J connectivity index is 1.92. The van der Waals surface area contributed by atoms with E-state index in [4.69, 9.17) is 0 Å². The summed E-state index contributed by atoms with van der Waals surface area (Å²) < 4.78 is 13.3. The average molecular weight is 263 g/mol. The molecule has 0 bridgehead atoms. The lowest BCUT2D eigenvalue weighted by Crippen LogP contribution is -2.36. The standard InChI is InChI=1S/C14H18FN3O/c1-3-14(2)9-17-5-4-12(18(17)13(14)19)10-6-11(15)8-16-7-10/h6-8,12H,3-5,9H2,1-2H3/t12-,14+/m0/s1. The molecule has 3 rings (SSSR count). The number of hydrogen-bond donors (Lipinski definition) is 0. The molecular formula is C14H18FN3O. The first-order chi connectivity index (χ1) is 9.05. The number of nitrogens with zero attached hydrogens (tertiary/aromatic N) is 3. The third-order valence-corrected chi connectivity index (χ3v) is 4.41.